The Labute approximate surface area is 163 Å². The van der Waals surface area contributed by atoms with E-state index in [1.807, 2.05) is 39.6 Å². The molecule has 0 N–H and O–H groups in total. The van der Waals surface area contributed by atoms with Crippen LogP contribution in [0, 0.1) is 5.92 Å². The van der Waals surface area contributed by atoms with Gasteiger partial charge in [-0.1, -0.05) is 30.3 Å². The third-order valence-corrected chi connectivity index (χ3v) is 6.19. The average molecular weight is 385 g/mol. The van der Waals surface area contributed by atoms with Crippen LogP contribution in [0.1, 0.15) is 12.0 Å². The lowest BCUT2D eigenvalue weighted by Crippen LogP contribution is -2.50. The third-order valence-electron chi connectivity index (χ3n) is 5.36. The van der Waals surface area contributed by atoms with Crippen molar-refractivity contribution < 1.29 is 9.59 Å². The number of carbonyl (C=O) groups excluding carboxylic acids is 2. The SMILES string of the molecule is O=C1CC(C(=O)N2CCN(c3nccs3)CC2)CN1CCc1ccccc1. The van der Waals surface area contributed by atoms with Crippen molar-refractivity contribution in [3.63, 3.8) is 0 Å². The van der Waals surface area contributed by atoms with E-state index in [0.717, 1.165) is 24.6 Å². The van der Waals surface area contributed by atoms with Gasteiger partial charge in [-0.2, -0.15) is 0 Å². The van der Waals surface area contributed by atoms with Crippen LogP contribution in [0.4, 0.5) is 5.13 Å². The van der Waals surface area contributed by atoms with Crippen molar-refractivity contribution >= 4 is 28.3 Å². The Morgan fingerprint density at radius 2 is 1.93 bits per heavy atom. The van der Waals surface area contributed by atoms with Gasteiger partial charge in [0.1, 0.15) is 0 Å². The van der Waals surface area contributed by atoms with E-state index >= 15 is 0 Å². The topological polar surface area (TPSA) is 56.8 Å². The van der Waals surface area contributed by atoms with Crippen molar-refractivity contribution in [2.45, 2.75) is 12.8 Å². The van der Waals surface area contributed by atoms with Crippen LogP contribution in [0.15, 0.2) is 41.9 Å². The number of rotatable bonds is 5. The van der Waals surface area contributed by atoms with E-state index in [0.29, 0.717) is 32.6 Å². The Hall–Kier alpha value is -2.41. The zero-order valence-electron chi connectivity index (χ0n) is 15.3. The second-order valence-corrected chi connectivity index (χ2v) is 7.98. The van der Waals surface area contributed by atoms with Gasteiger partial charge in [0, 0.05) is 57.3 Å². The first-order valence-corrected chi connectivity index (χ1v) is 10.3. The number of thiazole rings is 1. The monoisotopic (exact) mass is 384 g/mol. The van der Waals surface area contributed by atoms with Crippen LogP contribution < -0.4 is 4.90 Å². The number of aromatic nitrogens is 1. The highest BCUT2D eigenvalue weighted by Crippen LogP contribution is 2.23. The molecule has 2 amide bonds. The summed E-state index contributed by atoms with van der Waals surface area (Å²) in [4.78, 5) is 35.5. The predicted molar refractivity (Wildman–Crippen MR) is 106 cm³/mol. The number of carbonyl (C=O) groups is 2. The van der Waals surface area contributed by atoms with Crippen LogP contribution in [-0.4, -0.2) is 65.9 Å². The summed E-state index contributed by atoms with van der Waals surface area (Å²) >= 11 is 1.63. The zero-order chi connectivity index (χ0) is 18.6. The molecule has 0 bridgehead atoms. The van der Waals surface area contributed by atoms with Crippen LogP contribution in [-0.2, 0) is 16.0 Å². The van der Waals surface area contributed by atoms with Crippen molar-refractivity contribution in [3.8, 4) is 0 Å². The zero-order valence-corrected chi connectivity index (χ0v) is 16.1. The predicted octanol–water partition coefficient (Wildman–Crippen LogP) is 1.88. The molecule has 0 spiro atoms. The lowest BCUT2D eigenvalue weighted by molar-refractivity contribution is -0.136. The maximum absolute atomic E-state index is 12.9. The van der Waals surface area contributed by atoms with E-state index in [4.69, 9.17) is 0 Å². The van der Waals surface area contributed by atoms with Gasteiger partial charge in [-0.25, -0.2) is 4.98 Å². The van der Waals surface area contributed by atoms with Gasteiger partial charge in [0.15, 0.2) is 5.13 Å². The number of amides is 2. The van der Waals surface area contributed by atoms with Crippen molar-refractivity contribution in [1.82, 2.24) is 14.8 Å². The molecule has 2 aliphatic rings. The van der Waals surface area contributed by atoms with Crippen LogP contribution in [0.3, 0.4) is 0 Å². The smallest absolute Gasteiger partial charge is 0.228 e. The van der Waals surface area contributed by atoms with E-state index in [1.165, 1.54) is 5.56 Å². The minimum Gasteiger partial charge on any atom is -0.345 e. The number of hydrogen-bond donors (Lipinski definition) is 0. The molecule has 1 unspecified atom stereocenters. The third kappa shape index (κ3) is 4.13. The molecule has 2 saturated heterocycles. The first kappa shape index (κ1) is 18.0. The average Bonchev–Trinajstić information content (AvgIpc) is 3.37. The van der Waals surface area contributed by atoms with Gasteiger partial charge >= 0.3 is 0 Å². The van der Waals surface area contributed by atoms with Crippen LogP contribution in [0.5, 0.6) is 0 Å². The van der Waals surface area contributed by atoms with Gasteiger partial charge in [0.25, 0.3) is 0 Å². The van der Waals surface area contributed by atoms with Crippen molar-refractivity contribution in [2.75, 3.05) is 44.2 Å². The summed E-state index contributed by atoms with van der Waals surface area (Å²) in [5.41, 5.74) is 1.22. The Kier molecular flexibility index (Phi) is 5.38. The van der Waals surface area contributed by atoms with E-state index in [9.17, 15) is 9.59 Å². The van der Waals surface area contributed by atoms with E-state index in [2.05, 4.69) is 22.0 Å². The summed E-state index contributed by atoms with van der Waals surface area (Å²) in [6, 6.07) is 10.2. The lowest BCUT2D eigenvalue weighted by atomic mass is 10.1. The first-order valence-electron chi connectivity index (χ1n) is 9.45. The summed E-state index contributed by atoms with van der Waals surface area (Å²) < 4.78 is 0. The maximum Gasteiger partial charge on any atom is 0.228 e. The van der Waals surface area contributed by atoms with Crippen molar-refractivity contribution in [3.05, 3.63) is 47.5 Å². The highest BCUT2D eigenvalue weighted by Gasteiger charge is 2.37. The molecule has 7 heteroatoms. The van der Waals surface area contributed by atoms with Gasteiger partial charge < -0.3 is 14.7 Å². The number of hydrogen-bond acceptors (Lipinski definition) is 5. The molecule has 2 fully saturated rings. The quantitative estimate of drug-likeness (QED) is 0.790. The van der Waals surface area contributed by atoms with Crippen LogP contribution in [0.2, 0.25) is 0 Å². The van der Waals surface area contributed by atoms with Crippen LogP contribution >= 0.6 is 11.3 Å². The van der Waals surface area contributed by atoms with Crippen molar-refractivity contribution in [2.24, 2.45) is 5.92 Å². The van der Waals surface area contributed by atoms with Crippen molar-refractivity contribution in [1.29, 1.82) is 0 Å². The molecule has 0 saturated carbocycles. The Morgan fingerprint density at radius 1 is 1.15 bits per heavy atom. The molecule has 142 valence electrons. The van der Waals surface area contributed by atoms with E-state index in [1.54, 1.807) is 11.3 Å². The first-order chi connectivity index (χ1) is 13.2. The van der Waals surface area contributed by atoms with Gasteiger partial charge in [-0.05, 0) is 12.0 Å². The Balaban J connectivity index is 1.28. The number of anilines is 1. The molecule has 2 aliphatic heterocycles. The molecule has 0 aliphatic carbocycles. The lowest BCUT2D eigenvalue weighted by Gasteiger charge is -2.35. The molecule has 0 radical (unpaired) electrons. The maximum atomic E-state index is 12.9. The molecule has 4 rings (SSSR count). The second-order valence-electron chi connectivity index (χ2n) is 7.10. The molecule has 1 aromatic heterocycles. The van der Waals surface area contributed by atoms with Gasteiger partial charge in [-0.3, -0.25) is 9.59 Å². The van der Waals surface area contributed by atoms with Gasteiger partial charge in [0.2, 0.25) is 11.8 Å². The molecule has 1 aromatic carbocycles. The van der Waals surface area contributed by atoms with E-state index in [-0.39, 0.29) is 17.7 Å². The summed E-state index contributed by atoms with van der Waals surface area (Å²) in [7, 11) is 0. The number of piperazine rings is 1. The summed E-state index contributed by atoms with van der Waals surface area (Å²) in [6.45, 7) is 4.25. The van der Waals surface area contributed by atoms with Crippen LogP contribution in [0.25, 0.3) is 0 Å². The number of benzene rings is 1. The molecular formula is C20H24N4O2S. The summed E-state index contributed by atoms with van der Waals surface area (Å²) in [5.74, 6) is 0.0368. The largest absolute Gasteiger partial charge is 0.345 e. The fraction of sp³-hybridized carbons (Fsp3) is 0.450. The van der Waals surface area contributed by atoms with Gasteiger partial charge in [0.05, 0.1) is 5.92 Å². The normalized spacial score (nSPS) is 20.4. The summed E-state index contributed by atoms with van der Waals surface area (Å²) in [6.07, 6.45) is 2.99. The highest BCUT2D eigenvalue weighted by atomic mass is 32.1. The molecule has 2 aromatic rings. The highest BCUT2D eigenvalue weighted by molar-refractivity contribution is 7.13. The molecule has 27 heavy (non-hydrogen) atoms. The Morgan fingerprint density at radius 3 is 2.63 bits per heavy atom. The van der Waals surface area contributed by atoms with E-state index < -0.39 is 0 Å². The fourth-order valence-electron chi connectivity index (χ4n) is 3.81. The summed E-state index contributed by atoms with van der Waals surface area (Å²) in [5, 5.41) is 2.99. The minimum absolute atomic E-state index is 0.103. The number of nitrogens with zero attached hydrogens (tertiary/aromatic N) is 4. The van der Waals surface area contributed by atoms with Gasteiger partial charge in [-0.15, -0.1) is 11.3 Å². The fourth-order valence-corrected chi connectivity index (χ4v) is 4.51. The minimum atomic E-state index is -0.195. The number of likely N-dealkylation sites (tertiary alicyclic amines) is 1. The molecule has 1 atom stereocenters. The Bertz CT molecular complexity index is 773. The second kappa shape index (κ2) is 8.08. The standard InChI is InChI=1S/C20H24N4O2S/c25-18-14-17(15-24(18)8-6-16-4-2-1-3-5-16)19(26)22-9-11-23(12-10-22)20-21-7-13-27-20/h1-5,7,13,17H,6,8-12,14-15H2. The molecule has 3 heterocycles. The molecule has 6 nitrogen and oxygen atoms in total. The molecular weight excluding hydrogens is 360 g/mol.